The number of hydrogen-bond acceptors (Lipinski definition) is 4. The molecular weight excluding hydrogens is 414 g/mol. The Bertz CT molecular complexity index is 589. The molecule has 0 aromatic carbocycles. The first-order chi connectivity index (χ1) is 16.2. The summed E-state index contributed by atoms with van der Waals surface area (Å²) in [5.74, 6) is -0.522. The average molecular weight is 464 g/mol. The van der Waals surface area contributed by atoms with Crippen molar-refractivity contribution in [2.75, 3.05) is 7.11 Å². The van der Waals surface area contributed by atoms with Crippen molar-refractivity contribution in [3.63, 3.8) is 0 Å². The van der Waals surface area contributed by atoms with Gasteiger partial charge < -0.3 is 15.0 Å². The van der Waals surface area contributed by atoms with Gasteiger partial charge in [-0.15, -0.1) is 0 Å². The summed E-state index contributed by atoms with van der Waals surface area (Å²) in [6.07, 6.45) is 26.5. The van der Waals surface area contributed by atoms with Gasteiger partial charge in [0.15, 0.2) is 0 Å². The van der Waals surface area contributed by atoms with Gasteiger partial charge in [-0.2, -0.15) is 0 Å². The lowest BCUT2D eigenvalue weighted by molar-refractivity contribution is -0.145. The summed E-state index contributed by atoms with van der Waals surface area (Å²) in [5, 5.41) is 2.80. The smallest absolute Gasteiger partial charge is 0.328 e. The summed E-state index contributed by atoms with van der Waals surface area (Å²) < 4.78 is 4.81. The van der Waals surface area contributed by atoms with Crippen molar-refractivity contribution < 1.29 is 14.3 Å². The molecule has 0 aliphatic rings. The monoisotopic (exact) mass is 463 g/mol. The van der Waals surface area contributed by atoms with Gasteiger partial charge >= 0.3 is 5.97 Å². The number of esters is 1. The van der Waals surface area contributed by atoms with Gasteiger partial charge in [0.25, 0.3) is 0 Å². The summed E-state index contributed by atoms with van der Waals surface area (Å²) in [6.45, 7) is 2.28. The summed E-state index contributed by atoms with van der Waals surface area (Å²) in [5.41, 5.74) is 0.795. The molecule has 6 heteroatoms. The molecule has 6 nitrogen and oxygen atoms in total. The van der Waals surface area contributed by atoms with E-state index in [9.17, 15) is 9.59 Å². The average Bonchev–Trinajstić information content (AvgIpc) is 3.33. The molecule has 0 aliphatic carbocycles. The van der Waals surface area contributed by atoms with Gasteiger partial charge in [-0.05, 0) is 6.42 Å². The zero-order valence-electron chi connectivity index (χ0n) is 21.3. The highest BCUT2D eigenvalue weighted by Crippen LogP contribution is 2.14. The van der Waals surface area contributed by atoms with Gasteiger partial charge in [0.05, 0.1) is 13.4 Å². The Morgan fingerprint density at radius 1 is 0.848 bits per heavy atom. The molecule has 1 amide bonds. The molecule has 1 aromatic heterocycles. The first-order valence-electron chi connectivity index (χ1n) is 13.5. The number of aromatic nitrogens is 2. The number of nitrogens with one attached hydrogen (secondary N) is 2. The van der Waals surface area contributed by atoms with Gasteiger partial charge in [-0.1, -0.05) is 110 Å². The molecule has 2 N–H and O–H groups in total. The Morgan fingerprint density at radius 3 is 1.76 bits per heavy atom. The van der Waals surface area contributed by atoms with E-state index in [-0.39, 0.29) is 5.91 Å². The van der Waals surface area contributed by atoms with Gasteiger partial charge in [0, 0.05) is 24.7 Å². The highest BCUT2D eigenvalue weighted by atomic mass is 16.5. The Balaban J connectivity index is 1.91. The van der Waals surface area contributed by atoms with Crippen molar-refractivity contribution in [3.05, 3.63) is 18.2 Å². The lowest BCUT2D eigenvalue weighted by atomic mass is 10.0. The van der Waals surface area contributed by atoms with E-state index in [2.05, 4.69) is 22.2 Å². The molecule has 0 fully saturated rings. The second-order valence-electron chi connectivity index (χ2n) is 9.33. The molecule has 1 heterocycles. The lowest BCUT2D eigenvalue weighted by Crippen LogP contribution is -2.43. The van der Waals surface area contributed by atoms with E-state index in [1.54, 1.807) is 12.5 Å². The molecule has 1 atom stereocenters. The zero-order chi connectivity index (χ0) is 24.0. The molecule has 190 valence electrons. The van der Waals surface area contributed by atoms with Gasteiger partial charge in [0.2, 0.25) is 5.91 Å². The standard InChI is InChI=1S/C27H49N3O3/c1-3-4-5-6-7-8-9-10-11-12-13-14-15-16-17-18-19-20-26(31)30-25(27(32)33-2)21-24-22-28-23-29-24/h22-23,25H,3-21H2,1-2H3,(H,28,29)(H,30,31)/t25-/m0/s1. The van der Waals surface area contributed by atoms with Crippen LogP contribution in [0.15, 0.2) is 12.5 Å². The fourth-order valence-electron chi connectivity index (χ4n) is 4.23. The number of hydrogen-bond donors (Lipinski definition) is 2. The van der Waals surface area contributed by atoms with E-state index in [4.69, 9.17) is 4.74 Å². The van der Waals surface area contributed by atoms with Crippen LogP contribution in [-0.4, -0.2) is 35.0 Å². The number of ether oxygens (including phenoxy) is 1. The maximum absolute atomic E-state index is 12.2. The number of rotatable bonds is 22. The van der Waals surface area contributed by atoms with Gasteiger partial charge in [0.1, 0.15) is 6.04 Å². The van der Waals surface area contributed by atoms with Crippen LogP contribution in [-0.2, 0) is 20.7 Å². The quantitative estimate of drug-likeness (QED) is 0.149. The second-order valence-corrected chi connectivity index (χ2v) is 9.33. The van der Waals surface area contributed by atoms with Crippen LogP contribution < -0.4 is 5.32 Å². The molecule has 1 aromatic rings. The summed E-state index contributed by atoms with van der Waals surface area (Å²) in [7, 11) is 1.34. The van der Waals surface area contributed by atoms with Crippen LogP contribution in [0, 0.1) is 0 Å². The van der Waals surface area contributed by atoms with Crippen LogP contribution >= 0.6 is 0 Å². The van der Waals surface area contributed by atoms with E-state index in [0.717, 1.165) is 18.5 Å². The molecule has 33 heavy (non-hydrogen) atoms. The predicted molar refractivity (Wildman–Crippen MR) is 135 cm³/mol. The number of nitrogens with zero attached hydrogens (tertiary/aromatic N) is 1. The second kappa shape index (κ2) is 20.7. The fourth-order valence-corrected chi connectivity index (χ4v) is 4.23. The number of carbonyl (C=O) groups is 2. The fraction of sp³-hybridized carbons (Fsp3) is 0.815. The van der Waals surface area contributed by atoms with Gasteiger partial charge in [-0.3, -0.25) is 4.79 Å². The number of methoxy groups -OCH3 is 1. The minimum absolute atomic E-state index is 0.0918. The minimum atomic E-state index is -0.672. The first kappa shape index (κ1) is 29.2. The molecule has 0 spiro atoms. The Morgan fingerprint density at radius 2 is 1.33 bits per heavy atom. The highest BCUT2D eigenvalue weighted by molar-refractivity contribution is 5.84. The summed E-state index contributed by atoms with van der Waals surface area (Å²) in [6, 6.07) is -0.672. The van der Waals surface area contributed by atoms with Crippen LogP contribution in [0.5, 0.6) is 0 Å². The van der Waals surface area contributed by atoms with Crippen molar-refractivity contribution in [1.82, 2.24) is 15.3 Å². The Kier molecular flexibility index (Phi) is 18.3. The third-order valence-corrected chi connectivity index (χ3v) is 6.31. The minimum Gasteiger partial charge on any atom is -0.467 e. The van der Waals surface area contributed by atoms with Crippen molar-refractivity contribution in [3.8, 4) is 0 Å². The predicted octanol–water partition coefficient (Wildman–Crippen LogP) is 6.65. The van der Waals surface area contributed by atoms with E-state index in [1.165, 1.54) is 103 Å². The number of imidazole rings is 1. The molecule has 0 unspecified atom stereocenters. The van der Waals surface area contributed by atoms with E-state index in [0.29, 0.717) is 12.8 Å². The third kappa shape index (κ3) is 16.4. The Labute approximate surface area is 202 Å². The van der Waals surface area contributed by atoms with Gasteiger partial charge in [-0.25, -0.2) is 9.78 Å². The first-order valence-corrected chi connectivity index (χ1v) is 13.5. The number of aromatic amines is 1. The normalized spacial score (nSPS) is 11.9. The zero-order valence-corrected chi connectivity index (χ0v) is 21.3. The molecule has 0 saturated carbocycles. The van der Waals surface area contributed by atoms with Crippen LogP contribution in [0.25, 0.3) is 0 Å². The van der Waals surface area contributed by atoms with E-state index in [1.807, 2.05) is 0 Å². The summed E-state index contributed by atoms with van der Waals surface area (Å²) in [4.78, 5) is 31.1. The highest BCUT2D eigenvalue weighted by Gasteiger charge is 2.22. The molecule has 0 aliphatic heterocycles. The maximum Gasteiger partial charge on any atom is 0.328 e. The molecule has 0 bridgehead atoms. The van der Waals surface area contributed by atoms with Crippen molar-refractivity contribution in [2.24, 2.45) is 0 Å². The SMILES string of the molecule is CCCCCCCCCCCCCCCCCCCC(=O)N[C@@H](Cc1cnc[nH]1)C(=O)OC. The molecule has 0 saturated heterocycles. The third-order valence-electron chi connectivity index (χ3n) is 6.31. The van der Waals surface area contributed by atoms with E-state index < -0.39 is 12.0 Å². The number of unbranched alkanes of at least 4 members (excludes halogenated alkanes) is 16. The largest absolute Gasteiger partial charge is 0.467 e. The Hall–Kier alpha value is -1.85. The van der Waals surface area contributed by atoms with Crippen LogP contribution in [0.1, 0.15) is 128 Å². The molecular formula is C27H49N3O3. The van der Waals surface area contributed by atoms with Crippen LogP contribution in [0.3, 0.4) is 0 Å². The van der Waals surface area contributed by atoms with Crippen molar-refractivity contribution in [1.29, 1.82) is 0 Å². The topological polar surface area (TPSA) is 84.1 Å². The van der Waals surface area contributed by atoms with Crippen molar-refractivity contribution in [2.45, 2.75) is 135 Å². The number of H-pyrrole nitrogens is 1. The lowest BCUT2D eigenvalue weighted by Gasteiger charge is -2.15. The summed E-state index contributed by atoms with van der Waals surface area (Å²) >= 11 is 0. The van der Waals surface area contributed by atoms with Crippen LogP contribution in [0.2, 0.25) is 0 Å². The maximum atomic E-state index is 12.2. The van der Waals surface area contributed by atoms with Crippen molar-refractivity contribution >= 4 is 11.9 Å². The molecule has 1 rings (SSSR count). The molecule has 0 radical (unpaired) electrons. The number of amides is 1. The number of carbonyl (C=O) groups excluding carboxylic acids is 2. The van der Waals surface area contributed by atoms with E-state index >= 15 is 0 Å². The van der Waals surface area contributed by atoms with Crippen LogP contribution in [0.4, 0.5) is 0 Å².